The highest BCUT2D eigenvalue weighted by Gasteiger charge is 2.22. The zero-order valence-electron chi connectivity index (χ0n) is 16.5. The summed E-state index contributed by atoms with van der Waals surface area (Å²) >= 11 is 6.38. The average Bonchev–Trinajstić information content (AvgIpc) is 2.69. The maximum Gasteiger partial charge on any atom is 0.188 e. The summed E-state index contributed by atoms with van der Waals surface area (Å²) in [7, 11) is 1.64. The number of methoxy groups -OCH3 is 1. The van der Waals surface area contributed by atoms with Crippen molar-refractivity contribution in [1.29, 1.82) is 0 Å². The van der Waals surface area contributed by atoms with Crippen LogP contribution in [0, 0.1) is 13.8 Å². The summed E-state index contributed by atoms with van der Waals surface area (Å²) in [6.45, 7) is 4.35. The van der Waals surface area contributed by atoms with Crippen LogP contribution in [0.2, 0.25) is 5.02 Å². The zero-order chi connectivity index (χ0) is 19.4. The lowest BCUT2D eigenvalue weighted by atomic mass is 9.86. The SMILES string of the molecule is COCOc1ccc(Cc2c(C)cc(N)c(Cl)c2C)nc1C1CCCCC1. The number of hydrogen-bond donors (Lipinski definition) is 1. The van der Waals surface area contributed by atoms with Gasteiger partial charge < -0.3 is 15.2 Å². The van der Waals surface area contributed by atoms with E-state index >= 15 is 0 Å². The molecule has 0 radical (unpaired) electrons. The number of benzene rings is 1. The van der Waals surface area contributed by atoms with E-state index in [9.17, 15) is 0 Å². The number of pyridine rings is 1. The number of hydrogen-bond acceptors (Lipinski definition) is 4. The van der Waals surface area contributed by atoms with E-state index in [2.05, 4.69) is 6.92 Å². The van der Waals surface area contributed by atoms with Crippen LogP contribution in [0.25, 0.3) is 0 Å². The highest BCUT2D eigenvalue weighted by atomic mass is 35.5. The summed E-state index contributed by atoms with van der Waals surface area (Å²) in [4.78, 5) is 5.02. The molecule has 1 fully saturated rings. The van der Waals surface area contributed by atoms with Crippen LogP contribution >= 0.6 is 11.6 Å². The Bertz CT molecular complexity index is 801. The van der Waals surface area contributed by atoms with Crippen LogP contribution in [0.1, 0.15) is 66.1 Å². The van der Waals surface area contributed by atoms with Gasteiger partial charge in [0.2, 0.25) is 0 Å². The summed E-state index contributed by atoms with van der Waals surface area (Å²) in [6, 6.07) is 6.03. The van der Waals surface area contributed by atoms with Crippen molar-refractivity contribution in [3.63, 3.8) is 0 Å². The molecule has 1 heterocycles. The largest absolute Gasteiger partial charge is 0.466 e. The number of anilines is 1. The Labute approximate surface area is 167 Å². The first-order valence-electron chi connectivity index (χ1n) is 9.66. The number of nitrogens with zero attached hydrogens (tertiary/aromatic N) is 1. The van der Waals surface area contributed by atoms with E-state index in [1.807, 2.05) is 25.1 Å². The van der Waals surface area contributed by atoms with Crippen molar-refractivity contribution in [2.45, 2.75) is 58.3 Å². The lowest BCUT2D eigenvalue weighted by molar-refractivity contribution is 0.0496. The molecule has 0 unspecified atom stereocenters. The fourth-order valence-electron chi connectivity index (χ4n) is 4.00. The molecular formula is C22H29ClN2O2. The standard InChI is InChI=1S/C22H29ClN2O2/c1-14-11-19(24)21(23)15(2)18(14)12-17-9-10-20(27-13-26-3)22(25-17)16-7-5-4-6-8-16/h9-11,16H,4-8,12-13,24H2,1-3H3. The van der Waals surface area contributed by atoms with Crippen LogP contribution < -0.4 is 10.5 Å². The smallest absolute Gasteiger partial charge is 0.188 e. The van der Waals surface area contributed by atoms with E-state index < -0.39 is 0 Å². The number of aryl methyl sites for hydroxylation is 1. The van der Waals surface area contributed by atoms with Gasteiger partial charge in [-0.15, -0.1) is 0 Å². The van der Waals surface area contributed by atoms with Crippen LogP contribution in [0.5, 0.6) is 5.75 Å². The van der Waals surface area contributed by atoms with Gasteiger partial charge in [-0.3, -0.25) is 4.98 Å². The topological polar surface area (TPSA) is 57.4 Å². The second-order valence-electron chi connectivity index (χ2n) is 7.45. The van der Waals surface area contributed by atoms with E-state index in [0.29, 0.717) is 16.6 Å². The van der Waals surface area contributed by atoms with Gasteiger partial charge >= 0.3 is 0 Å². The van der Waals surface area contributed by atoms with Crippen LogP contribution in [-0.4, -0.2) is 18.9 Å². The Morgan fingerprint density at radius 3 is 2.63 bits per heavy atom. The number of nitrogens with two attached hydrogens (primary N) is 1. The summed E-state index contributed by atoms with van der Waals surface area (Å²) in [5, 5.41) is 0.642. The Morgan fingerprint density at radius 2 is 1.93 bits per heavy atom. The van der Waals surface area contributed by atoms with Crippen molar-refractivity contribution in [2.75, 3.05) is 19.6 Å². The van der Waals surface area contributed by atoms with Crippen molar-refractivity contribution in [3.8, 4) is 5.75 Å². The van der Waals surface area contributed by atoms with Gasteiger partial charge in [0.15, 0.2) is 6.79 Å². The van der Waals surface area contributed by atoms with E-state index in [-0.39, 0.29) is 6.79 Å². The number of ether oxygens (including phenoxy) is 2. The van der Waals surface area contributed by atoms with E-state index in [4.69, 9.17) is 31.8 Å². The third kappa shape index (κ3) is 4.56. The lowest BCUT2D eigenvalue weighted by Gasteiger charge is -2.24. The first kappa shape index (κ1) is 20.0. The molecule has 5 heteroatoms. The van der Waals surface area contributed by atoms with Crippen molar-refractivity contribution in [2.24, 2.45) is 0 Å². The molecule has 0 bridgehead atoms. The molecule has 0 spiro atoms. The number of aromatic nitrogens is 1. The third-order valence-corrected chi connectivity index (χ3v) is 6.01. The van der Waals surface area contributed by atoms with Gasteiger partial charge in [0.25, 0.3) is 0 Å². The molecule has 0 amide bonds. The molecule has 27 heavy (non-hydrogen) atoms. The van der Waals surface area contributed by atoms with Crippen molar-refractivity contribution in [3.05, 3.63) is 51.3 Å². The molecule has 3 rings (SSSR count). The molecule has 2 N–H and O–H groups in total. The summed E-state index contributed by atoms with van der Waals surface area (Å²) in [5.74, 6) is 1.30. The molecule has 1 aromatic carbocycles. The van der Waals surface area contributed by atoms with Crippen molar-refractivity contribution >= 4 is 17.3 Å². The minimum atomic E-state index is 0.243. The number of halogens is 1. The molecule has 0 aliphatic heterocycles. The van der Waals surface area contributed by atoms with Crippen LogP contribution in [0.15, 0.2) is 18.2 Å². The second-order valence-corrected chi connectivity index (χ2v) is 7.83. The fourth-order valence-corrected chi connectivity index (χ4v) is 4.17. The predicted molar refractivity (Wildman–Crippen MR) is 111 cm³/mol. The summed E-state index contributed by atoms with van der Waals surface area (Å²) in [6.07, 6.45) is 6.91. The normalized spacial score (nSPS) is 15.1. The second kappa shape index (κ2) is 8.94. The maximum atomic E-state index is 6.38. The van der Waals surface area contributed by atoms with Crippen molar-refractivity contribution < 1.29 is 9.47 Å². The molecule has 4 nitrogen and oxygen atoms in total. The first-order valence-corrected chi connectivity index (χ1v) is 10.0. The molecule has 2 aromatic rings. The minimum Gasteiger partial charge on any atom is -0.466 e. The fraction of sp³-hybridized carbons (Fsp3) is 0.500. The molecule has 1 aliphatic rings. The molecule has 1 saturated carbocycles. The maximum absolute atomic E-state index is 6.38. The molecule has 0 atom stereocenters. The van der Waals surface area contributed by atoms with Crippen LogP contribution in [0.3, 0.4) is 0 Å². The Kier molecular flexibility index (Phi) is 6.61. The Hall–Kier alpha value is -1.78. The van der Waals surface area contributed by atoms with Gasteiger partial charge in [-0.1, -0.05) is 30.9 Å². The number of nitrogen functional groups attached to an aromatic ring is 1. The minimum absolute atomic E-state index is 0.243. The van der Waals surface area contributed by atoms with Crippen LogP contribution in [-0.2, 0) is 11.2 Å². The predicted octanol–water partition coefficient (Wildman–Crippen LogP) is 5.56. The molecule has 1 aromatic heterocycles. The lowest BCUT2D eigenvalue weighted by Crippen LogP contribution is -2.12. The molecule has 1 aliphatic carbocycles. The Balaban J connectivity index is 1.93. The van der Waals surface area contributed by atoms with E-state index in [0.717, 1.165) is 34.7 Å². The van der Waals surface area contributed by atoms with E-state index in [1.165, 1.54) is 37.7 Å². The van der Waals surface area contributed by atoms with Gasteiger partial charge in [0, 0.05) is 25.1 Å². The van der Waals surface area contributed by atoms with Gasteiger partial charge in [0.05, 0.1) is 16.4 Å². The summed E-state index contributed by atoms with van der Waals surface area (Å²) in [5.41, 5.74) is 12.1. The third-order valence-electron chi connectivity index (χ3n) is 5.51. The highest BCUT2D eigenvalue weighted by molar-refractivity contribution is 6.34. The van der Waals surface area contributed by atoms with Crippen LogP contribution in [0.4, 0.5) is 5.69 Å². The zero-order valence-corrected chi connectivity index (χ0v) is 17.2. The van der Waals surface area contributed by atoms with Gasteiger partial charge in [-0.25, -0.2) is 0 Å². The monoisotopic (exact) mass is 388 g/mol. The average molecular weight is 389 g/mol. The number of rotatable bonds is 6. The molecular weight excluding hydrogens is 360 g/mol. The summed E-state index contributed by atoms with van der Waals surface area (Å²) < 4.78 is 10.9. The van der Waals surface area contributed by atoms with Gasteiger partial charge in [-0.05, 0) is 61.6 Å². The Morgan fingerprint density at radius 1 is 1.19 bits per heavy atom. The molecule has 146 valence electrons. The quantitative estimate of drug-likeness (QED) is 0.520. The first-order chi connectivity index (χ1) is 13.0. The highest BCUT2D eigenvalue weighted by Crippen LogP contribution is 2.37. The van der Waals surface area contributed by atoms with Gasteiger partial charge in [0.1, 0.15) is 5.75 Å². The van der Waals surface area contributed by atoms with E-state index in [1.54, 1.807) is 7.11 Å². The van der Waals surface area contributed by atoms with Crippen molar-refractivity contribution in [1.82, 2.24) is 4.98 Å². The van der Waals surface area contributed by atoms with Gasteiger partial charge in [-0.2, -0.15) is 0 Å². The molecule has 0 saturated heterocycles.